The van der Waals surface area contributed by atoms with Gasteiger partial charge in [0, 0.05) is 24.6 Å². The van der Waals surface area contributed by atoms with Crippen LogP contribution in [0.25, 0.3) is 5.69 Å². The SMILES string of the molecule is CCCCC(=O)N(Cc1c(=O)o[nH][n+]1-c1ccc(OC)cc1)C1CC1. The number of nitrogens with one attached hydrogen (secondary N) is 1. The molecule has 0 spiro atoms. The van der Waals surface area contributed by atoms with Gasteiger partial charge < -0.3 is 9.64 Å². The highest BCUT2D eigenvalue weighted by Crippen LogP contribution is 2.28. The summed E-state index contributed by atoms with van der Waals surface area (Å²) in [5, 5.41) is 2.62. The van der Waals surface area contributed by atoms with Crippen LogP contribution in [0.15, 0.2) is 33.6 Å². The summed E-state index contributed by atoms with van der Waals surface area (Å²) in [7, 11) is 1.60. The molecular formula is C18H24N3O4+. The number of unbranched alkanes of at least 4 members (excludes halogenated alkanes) is 1. The highest BCUT2D eigenvalue weighted by Gasteiger charge is 2.36. The molecule has 134 valence electrons. The number of methoxy groups -OCH3 is 1. The summed E-state index contributed by atoms with van der Waals surface area (Å²) in [4.78, 5) is 26.5. The third-order valence-electron chi connectivity index (χ3n) is 4.44. The third-order valence-corrected chi connectivity index (χ3v) is 4.44. The Bertz CT molecular complexity index is 774. The minimum Gasteiger partial charge on any atom is -0.497 e. The van der Waals surface area contributed by atoms with Gasteiger partial charge in [0.25, 0.3) is 0 Å². The molecule has 0 atom stereocenters. The monoisotopic (exact) mass is 346 g/mol. The second kappa shape index (κ2) is 7.55. The van der Waals surface area contributed by atoms with Crippen LogP contribution >= 0.6 is 0 Å². The van der Waals surface area contributed by atoms with E-state index >= 15 is 0 Å². The first-order valence-corrected chi connectivity index (χ1v) is 8.70. The zero-order valence-electron chi connectivity index (χ0n) is 14.7. The van der Waals surface area contributed by atoms with Crippen LogP contribution in [0.5, 0.6) is 5.75 Å². The van der Waals surface area contributed by atoms with Crippen LogP contribution in [0.4, 0.5) is 0 Å². The van der Waals surface area contributed by atoms with Gasteiger partial charge in [-0.3, -0.25) is 9.32 Å². The maximum absolute atomic E-state index is 12.5. The third kappa shape index (κ3) is 3.92. The Balaban J connectivity index is 1.84. The van der Waals surface area contributed by atoms with Gasteiger partial charge in [0.15, 0.2) is 0 Å². The fraction of sp³-hybridized carbons (Fsp3) is 0.500. The molecule has 0 bridgehead atoms. The highest BCUT2D eigenvalue weighted by molar-refractivity contribution is 5.76. The highest BCUT2D eigenvalue weighted by atomic mass is 16.5. The molecule has 1 aromatic heterocycles. The van der Waals surface area contributed by atoms with Gasteiger partial charge in [-0.1, -0.05) is 13.3 Å². The maximum atomic E-state index is 12.5. The Kier molecular flexibility index (Phi) is 5.21. The smallest absolute Gasteiger partial charge is 0.432 e. The molecule has 0 saturated heterocycles. The Hall–Kier alpha value is -2.57. The lowest BCUT2D eigenvalue weighted by Gasteiger charge is -2.19. The molecule has 1 aliphatic rings. The van der Waals surface area contributed by atoms with Crippen LogP contribution in [0.3, 0.4) is 0 Å². The first kappa shape index (κ1) is 17.3. The zero-order chi connectivity index (χ0) is 17.8. The van der Waals surface area contributed by atoms with Gasteiger partial charge in [-0.15, -0.1) is 0 Å². The van der Waals surface area contributed by atoms with E-state index < -0.39 is 5.63 Å². The molecule has 1 amide bonds. The molecule has 3 rings (SSSR count). The first-order chi connectivity index (χ1) is 12.1. The topological polar surface area (TPSA) is 79.4 Å². The van der Waals surface area contributed by atoms with Gasteiger partial charge in [-0.2, -0.15) is 0 Å². The lowest BCUT2D eigenvalue weighted by molar-refractivity contribution is -0.678. The van der Waals surface area contributed by atoms with Crippen molar-refractivity contribution in [1.29, 1.82) is 0 Å². The Morgan fingerprint density at radius 3 is 2.68 bits per heavy atom. The second-order valence-corrected chi connectivity index (χ2v) is 6.32. The van der Waals surface area contributed by atoms with Crippen molar-refractivity contribution in [2.75, 3.05) is 7.11 Å². The number of carbonyl (C=O) groups is 1. The van der Waals surface area contributed by atoms with Crippen molar-refractivity contribution < 1.29 is 18.7 Å². The number of benzene rings is 1. The second-order valence-electron chi connectivity index (χ2n) is 6.32. The number of ether oxygens (including phenoxy) is 1. The van der Waals surface area contributed by atoms with Crippen LogP contribution < -0.4 is 15.0 Å². The first-order valence-electron chi connectivity index (χ1n) is 8.70. The number of aromatic nitrogens is 2. The summed E-state index contributed by atoms with van der Waals surface area (Å²) < 4.78 is 11.7. The molecule has 1 N–H and O–H groups in total. The summed E-state index contributed by atoms with van der Waals surface area (Å²) in [6.45, 7) is 2.32. The van der Waals surface area contributed by atoms with E-state index in [-0.39, 0.29) is 18.5 Å². The number of carbonyl (C=O) groups excluding carboxylic acids is 1. The average Bonchev–Trinajstić information content (AvgIpc) is 3.41. The van der Waals surface area contributed by atoms with E-state index in [0.29, 0.717) is 12.1 Å². The predicted octanol–water partition coefficient (Wildman–Crippen LogP) is 1.93. The van der Waals surface area contributed by atoms with E-state index in [9.17, 15) is 9.59 Å². The minimum absolute atomic E-state index is 0.103. The van der Waals surface area contributed by atoms with Gasteiger partial charge in [0.2, 0.25) is 11.6 Å². The van der Waals surface area contributed by atoms with Crippen LogP contribution in [0.1, 0.15) is 44.7 Å². The molecule has 1 heterocycles. The van der Waals surface area contributed by atoms with Crippen molar-refractivity contribution in [1.82, 2.24) is 10.2 Å². The average molecular weight is 346 g/mol. The summed E-state index contributed by atoms with van der Waals surface area (Å²) in [6, 6.07) is 7.51. The Morgan fingerprint density at radius 2 is 2.08 bits per heavy atom. The largest absolute Gasteiger partial charge is 0.497 e. The van der Waals surface area contributed by atoms with E-state index in [1.807, 2.05) is 29.2 Å². The molecule has 7 nitrogen and oxygen atoms in total. The number of hydrogen-bond acceptors (Lipinski definition) is 4. The molecule has 0 aliphatic heterocycles. The van der Waals surface area contributed by atoms with Gasteiger partial charge in [-0.05, 0) is 41.3 Å². The molecular weight excluding hydrogens is 322 g/mol. The molecule has 2 aromatic rings. The van der Waals surface area contributed by atoms with Crippen molar-refractivity contribution in [2.45, 2.75) is 51.6 Å². The maximum Gasteiger partial charge on any atom is 0.432 e. The number of hydrogen-bond donors (Lipinski definition) is 1. The van der Waals surface area contributed by atoms with Gasteiger partial charge in [0.1, 0.15) is 12.3 Å². The summed E-state index contributed by atoms with van der Waals surface area (Å²) >= 11 is 0. The van der Waals surface area contributed by atoms with E-state index in [4.69, 9.17) is 9.26 Å². The number of aromatic amines is 1. The summed E-state index contributed by atoms with van der Waals surface area (Å²) in [6.07, 6.45) is 4.35. The van der Waals surface area contributed by atoms with E-state index in [1.165, 1.54) is 0 Å². The van der Waals surface area contributed by atoms with Gasteiger partial charge in [0.05, 0.1) is 7.11 Å². The fourth-order valence-electron chi connectivity index (χ4n) is 2.81. The van der Waals surface area contributed by atoms with E-state index in [1.54, 1.807) is 11.8 Å². The standard InChI is InChI=1S/C18H23N3O4/c1-3-4-5-17(22)20(13-6-7-13)12-16-18(23)25-19-21(16)14-8-10-15(24-2)11-9-14/h8-11,13H,3-7,12H2,1-2H3/p+1. The molecule has 7 heteroatoms. The van der Waals surface area contributed by atoms with Crippen molar-refractivity contribution in [3.8, 4) is 11.4 Å². The van der Waals surface area contributed by atoms with Gasteiger partial charge >= 0.3 is 11.3 Å². The van der Waals surface area contributed by atoms with Crippen LogP contribution in [-0.4, -0.2) is 29.2 Å². The van der Waals surface area contributed by atoms with Crippen LogP contribution in [0.2, 0.25) is 0 Å². The van der Waals surface area contributed by atoms with Crippen LogP contribution in [0, 0.1) is 0 Å². The molecule has 0 unspecified atom stereocenters. The number of H-pyrrole nitrogens is 1. The number of rotatable bonds is 8. The summed E-state index contributed by atoms with van der Waals surface area (Å²) in [5.41, 5.74) is 0.713. The molecule has 1 aromatic carbocycles. The van der Waals surface area contributed by atoms with Gasteiger partial charge in [-0.25, -0.2) is 4.79 Å². The minimum atomic E-state index is -0.454. The fourth-order valence-corrected chi connectivity index (χ4v) is 2.81. The molecule has 1 aliphatic carbocycles. The van der Waals surface area contributed by atoms with Crippen molar-refractivity contribution >= 4 is 5.91 Å². The quantitative estimate of drug-likeness (QED) is 0.741. The van der Waals surface area contributed by atoms with E-state index in [2.05, 4.69) is 12.2 Å². The van der Waals surface area contributed by atoms with Crippen molar-refractivity contribution in [3.05, 3.63) is 40.4 Å². The molecule has 0 radical (unpaired) electrons. The van der Waals surface area contributed by atoms with Crippen molar-refractivity contribution in [3.63, 3.8) is 0 Å². The van der Waals surface area contributed by atoms with Crippen LogP contribution in [-0.2, 0) is 11.3 Å². The van der Waals surface area contributed by atoms with E-state index in [0.717, 1.165) is 37.1 Å². The lowest BCUT2D eigenvalue weighted by atomic mass is 10.2. The zero-order valence-corrected chi connectivity index (χ0v) is 14.7. The molecule has 1 fully saturated rings. The molecule has 25 heavy (non-hydrogen) atoms. The summed E-state index contributed by atoms with van der Waals surface area (Å²) in [5.74, 6) is 0.831. The Morgan fingerprint density at radius 1 is 1.36 bits per heavy atom. The predicted molar refractivity (Wildman–Crippen MR) is 90.5 cm³/mol. The number of amides is 1. The Labute approximate surface area is 146 Å². The number of nitrogens with zero attached hydrogens (tertiary/aromatic N) is 2. The molecule has 1 saturated carbocycles. The lowest BCUT2D eigenvalue weighted by Crippen LogP contribution is -2.43. The van der Waals surface area contributed by atoms with Crippen molar-refractivity contribution in [2.24, 2.45) is 0 Å². The normalized spacial score (nSPS) is 13.7.